The fourth-order valence-electron chi connectivity index (χ4n) is 5.01. The third-order valence-electron chi connectivity index (χ3n) is 7.56. The number of hydrogen-bond donors (Lipinski definition) is 2. The SMILES string of the molecule is C[C@H]1COCCN1c1cc(C2(S(=O)(=O)c3c(F)cccc3F)CC2)nc(-c2ccc(NC(=O)NC3CC3)cc2)n1. The number of urea groups is 1. The predicted octanol–water partition coefficient (Wildman–Crippen LogP) is 4.39. The summed E-state index contributed by atoms with van der Waals surface area (Å²) in [6, 6.07) is 11.5. The van der Waals surface area contributed by atoms with Crippen LogP contribution >= 0.6 is 0 Å². The van der Waals surface area contributed by atoms with Gasteiger partial charge in [0.25, 0.3) is 0 Å². The molecule has 2 heterocycles. The molecule has 9 nitrogen and oxygen atoms in total. The van der Waals surface area contributed by atoms with Crippen LogP contribution in [0.5, 0.6) is 0 Å². The van der Waals surface area contributed by atoms with Crippen LogP contribution in [0.25, 0.3) is 11.4 Å². The number of sulfone groups is 1. The maximum Gasteiger partial charge on any atom is 0.319 e. The van der Waals surface area contributed by atoms with Crippen molar-refractivity contribution < 1.29 is 26.7 Å². The molecule has 3 aromatic rings. The van der Waals surface area contributed by atoms with Gasteiger partial charge in [-0.1, -0.05) is 6.07 Å². The maximum absolute atomic E-state index is 14.7. The Kier molecular flexibility index (Phi) is 6.70. The highest BCUT2D eigenvalue weighted by Crippen LogP contribution is 2.55. The van der Waals surface area contributed by atoms with Crippen LogP contribution in [0.2, 0.25) is 0 Å². The van der Waals surface area contributed by atoms with Gasteiger partial charge in [0.1, 0.15) is 27.1 Å². The van der Waals surface area contributed by atoms with Gasteiger partial charge in [-0.2, -0.15) is 0 Å². The molecular formula is C28H29F2N5O4S. The highest BCUT2D eigenvalue weighted by atomic mass is 32.2. The molecule has 2 N–H and O–H groups in total. The van der Waals surface area contributed by atoms with Crippen molar-refractivity contribution in [3.63, 3.8) is 0 Å². The first-order valence-electron chi connectivity index (χ1n) is 13.3. The van der Waals surface area contributed by atoms with Crippen molar-refractivity contribution in [2.24, 2.45) is 0 Å². The van der Waals surface area contributed by atoms with Crippen molar-refractivity contribution >= 4 is 27.4 Å². The Hall–Kier alpha value is -3.64. The minimum Gasteiger partial charge on any atom is -0.377 e. The average Bonchev–Trinajstić information content (AvgIpc) is 3.85. The average molecular weight is 570 g/mol. The van der Waals surface area contributed by atoms with Gasteiger partial charge in [-0.25, -0.2) is 32.0 Å². The lowest BCUT2D eigenvalue weighted by molar-refractivity contribution is 0.0985. The molecule has 12 heteroatoms. The van der Waals surface area contributed by atoms with Gasteiger partial charge >= 0.3 is 6.03 Å². The van der Waals surface area contributed by atoms with Crippen molar-refractivity contribution in [1.29, 1.82) is 0 Å². The van der Waals surface area contributed by atoms with Crippen molar-refractivity contribution in [2.75, 3.05) is 30.0 Å². The van der Waals surface area contributed by atoms with Crippen molar-refractivity contribution in [3.05, 3.63) is 65.9 Å². The zero-order chi connectivity index (χ0) is 28.1. The topological polar surface area (TPSA) is 114 Å². The molecular weight excluding hydrogens is 540 g/mol. The number of hydrogen-bond acceptors (Lipinski definition) is 7. The van der Waals surface area contributed by atoms with Gasteiger partial charge in [0.15, 0.2) is 15.7 Å². The second kappa shape index (κ2) is 10.1. The van der Waals surface area contributed by atoms with E-state index < -0.39 is 31.1 Å². The summed E-state index contributed by atoms with van der Waals surface area (Å²) in [7, 11) is -4.46. The summed E-state index contributed by atoms with van der Waals surface area (Å²) in [5.41, 5.74) is 1.37. The van der Waals surface area contributed by atoms with Gasteiger partial charge in [-0.3, -0.25) is 0 Å². The molecule has 1 saturated heterocycles. The monoisotopic (exact) mass is 569 g/mol. The molecule has 0 spiro atoms. The molecule has 0 bridgehead atoms. The van der Waals surface area contributed by atoms with E-state index in [0.29, 0.717) is 36.8 Å². The standard InChI is InChI=1S/C28H29F2N5O4S/c1-17-16-39-14-13-35(17)24-15-23(28(11-12-28)40(37,38)25-21(29)3-2-4-22(25)30)33-26(34-24)18-5-7-19(8-6-18)31-27(36)32-20-9-10-20/h2-8,15,17,20H,9-14,16H2,1H3,(H2,31,32,36)/t17-/m0/s1. The minimum atomic E-state index is -4.46. The molecule has 0 unspecified atom stereocenters. The highest BCUT2D eigenvalue weighted by Gasteiger charge is 2.59. The van der Waals surface area contributed by atoms with Gasteiger partial charge in [-0.15, -0.1) is 0 Å². The van der Waals surface area contributed by atoms with E-state index in [1.807, 2.05) is 11.8 Å². The Morgan fingerprint density at radius 2 is 1.77 bits per heavy atom. The van der Waals surface area contributed by atoms with Gasteiger partial charge in [0, 0.05) is 29.9 Å². The van der Waals surface area contributed by atoms with Crippen LogP contribution < -0.4 is 15.5 Å². The number of amides is 2. The third kappa shape index (κ3) is 4.90. The fourth-order valence-corrected chi connectivity index (χ4v) is 7.06. The van der Waals surface area contributed by atoms with Crippen molar-refractivity contribution in [3.8, 4) is 11.4 Å². The molecule has 0 radical (unpaired) electrons. The highest BCUT2D eigenvalue weighted by molar-refractivity contribution is 7.92. The lowest BCUT2D eigenvalue weighted by atomic mass is 10.1. The second-order valence-corrected chi connectivity index (χ2v) is 12.7. The Morgan fingerprint density at radius 3 is 2.40 bits per heavy atom. The van der Waals surface area contributed by atoms with Gasteiger partial charge in [-0.05, 0) is 69.0 Å². The van der Waals surface area contributed by atoms with Crippen LogP contribution in [0.15, 0.2) is 53.4 Å². The number of nitrogens with zero attached hydrogens (tertiary/aromatic N) is 3. The van der Waals surface area contributed by atoms with Crippen LogP contribution in [-0.2, 0) is 19.3 Å². The molecule has 1 atom stereocenters. The first kappa shape index (κ1) is 26.6. The van der Waals surface area contributed by atoms with E-state index in [1.54, 1.807) is 30.3 Å². The van der Waals surface area contributed by atoms with Crippen molar-refractivity contribution in [2.45, 2.75) is 54.3 Å². The third-order valence-corrected chi connectivity index (χ3v) is 10.1. The number of halogens is 2. The van der Waals surface area contributed by atoms with Crippen molar-refractivity contribution in [1.82, 2.24) is 15.3 Å². The molecule has 2 aromatic carbocycles. The van der Waals surface area contributed by atoms with Gasteiger partial charge < -0.3 is 20.3 Å². The van der Waals surface area contributed by atoms with E-state index in [9.17, 15) is 22.0 Å². The Bertz CT molecular complexity index is 1540. The maximum atomic E-state index is 14.7. The Balaban J connectivity index is 1.40. The zero-order valence-electron chi connectivity index (χ0n) is 21.9. The largest absolute Gasteiger partial charge is 0.377 e. The molecule has 1 aliphatic heterocycles. The number of benzene rings is 2. The van der Waals surface area contributed by atoms with Crippen LogP contribution in [0.4, 0.5) is 25.1 Å². The normalized spacial score (nSPS) is 20.2. The summed E-state index contributed by atoms with van der Waals surface area (Å²) in [5, 5.41) is 5.65. The van der Waals surface area contributed by atoms with Crippen LogP contribution in [-0.4, -0.2) is 56.3 Å². The van der Waals surface area contributed by atoms with E-state index in [2.05, 4.69) is 15.6 Å². The fraction of sp³-hybridized carbons (Fsp3) is 0.393. The number of anilines is 2. The smallest absolute Gasteiger partial charge is 0.319 e. The van der Waals surface area contributed by atoms with E-state index >= 15 is 0 Å². The number of carbonyl (C=O) groups excluding carboxylic acids is 1. The van der Waals surface area contributed by atoms with Gasteiger partial charge in [0.05, 0.1) is 24.9 Å². The summed E-state index contributed by atoms with van der Waals surface area (Å²) in [5.74, 6) is -1.47. The molecule has 40 heavy (non-hydrogen) atoms. The first-order chi connectivity index (χ1) is 19.2. The molecule has 2 aliphatic carbocycles. The van der Waals surface area contributed by atoms with E-state index in [-0.39, 0.29) is 42.5 Å². The Labute approximate surface area is 230 Å². The van der Waals surface area contributed by atoms with E-state index in [4.69, 9.17) is 9.72 Å². The number of morpholine rings is 1. The lowest BCUT2D eigenvalue weighted by Crippen LogP contribution is -2.44. The van der Waals surface area contributed by atoms with E-state index in [1.165, 1.54) is 0 Å². The number of aromatic nitrogens is 2. The molecule has 3 fully saturated rings. The summed E-state index contributed by atoms with van der Waals surface area (Å²) in [6.07, 6.45) is 2.31. The molecule has 3 aliphatic rings. The quantitative estimate of drug-likeness (QED) is 0.434. The van der Waals surface area contributed by atoms with E-state index in [0.717, 1.165) is 31.0 Å². The summed E-state index contributed by atoms with van der Waals surface area (Å²) >= 11 is 0. The number of rotatable bonds is 7. The molecule has 2 amide bonds. The minimum absolute atomic E-state index is 0.0309. The predicted molar refractivity (Wildman–Crippen MR) is 145 cm³/mol. The molecule has 1 aromatic heterocycles. The van der Waals surface area contributed by atoms with Crippen LogP contribution in [0.3, 0.4) is 0 Å². The molecule has 6 rings (SSSR count). The Morgan fingerprint density at radius 1 is 1.07 bits per heavy atom. The van der Waals surface area contributed by atoms with Gasteiger partial charge in [0.2, 0.25) is 0 Å². The zero-order valence-corrected chi connectivity index (χ0v) is 22.7. The lowest BCUT2D eigenvalue weighted by Gasteiger charge is -2.34. The first-order valence-corrected chi connectivity index (χ1v) is 14.8. The van der Waals surface area contributed by atoms with Crippen LogP contribution in [0, 0.1) is 11.6 Å². The molecule has 2 saturated carbocycles. The number of carbonyl (C=O) groups is 1. The second-order valence-electron chi connectivity index (χ2n) is 10.6. The number of ether oxygens (including phenoxy) is 1. The summed E-state index contributed by atoms with van der Waals surface area (Å²) in [6.45, 7) is 3.47. The molecule has 210 valence electrons. The number of nitrogens with one attached hydrogen (secondary N) is 2. The summed E-state index contributed by atoms with van der Waals surface area (Å²) in [4.78, 5) is 22.6. The van der Waals surface area contributed by atoms with Crippen LogP contribution in [0.1, 0.15) is 38.3 Å². The summed E-state index contributed by atoms with van der Waals surface area (Å²) < 4.78 is 60.9.